The van der Waals surface area contributed by atoms with Gasteiger partial charge in [-0.3, -0.25) is 4.79 Å². The maximum atomic E-state index is 13.1. The fourth-order valence-corrected chi connectivity index (χ4v) is 5.80. The molecule has 0 spiro atoms. The summed E-state index contributed by atoms with van der Waals surface area (Å²) in [6.07, 6.45) is 9.37. The largest absolute Gasteiger partial charge is 0.299 e. The highest BCUT2D eigenvalue weighted by molar-refractivity contribution is 5.85. The summed E-state index contributed by atoms with van der Waals surface area (Å²) < 4.78 is 29.6. The first kappa shape index (κ1) is 26.8. The van der Waals surface area contributed by atoms with E-state index in [1.165, 1.54) is 24.3 Å². The molecule has 2 aromatic carbocycles. The molecule has 0 aliphatic heterocycles. The monoisotopic (exact) mass is 574 g/mol. The molecule has 214 valence electrons. The number of aryl methyl sites for hydroxylation is 2. The van der Waals surface area contributed by atoms with Crippen LogP contribution in [0.5, 0.6) is 0 Å². The molecule has 7 nitrogen and oxygen atoms in total. The minimum atomic E-state index is -0.277. The number of carbonyl (C=O) groups is 1. The van der Waals surface area contributed by atoms with Crippen molar-refractivity contribution in [3.05, 3.63) is 114 Å². The van der Waals surface area contributed by atoms with Crippen LogP contribution in [0.4, 0.5) is 8.78 Å². The lowest BCUT2D eigenvalue weighted by molar-refractivity contribution is -0.118. The number of benzene rings is 2. The summed E-state index contributed by atoms with van der Waals surface area (Å²) in [7, 11) is 0. The molecule has 0 saturated heterocycles. The van der Waals surface area contributed by atoms with Crippen LogP contribution in [0.25, 0.3) is 39.0 Å². The van der Waals surface area contributed by atoms with E-state index in [1.807, 2.05) is 6.07 Å². The van der Waals surface area contributed by atoms with Crippen molar-refractivity contribution >= 4 is 33.4 Å². The van der Waals surface area contributed by atoms with Crippen LogP contribution in [0.2, 0.25) is 0 Å². The summed E-state index contributed by atoms with van der Waals surface area (Å²) >= 11 is 0. The third-order valence-electron chi connectivity index (χ3n) is 8.01. The molecule has 2 aliphatic carbocycles. The molecule has 0 amide bonds. The summed E-state index contributed by atoms with van der Waals surface area (Å²) in [6, 6.07) is 16.6. The number of Topliss-reactive ketones (excluding diaryl/α,β-unsaturated/α-hetero) is 1. The van der Waals surface area contributed by atoms with Gasteiger partial charge in [0.05, 0.1) is 29.5 Å². The number of pyridine rings is 2. The number of halogens is 2. The lowest BCUT2D eigenvalue weighted by Crippen LogP contribution is -2.06. The Balaban J connectivity index is 0.000000140. The molecule has 0 atom stereocenters. The Kier molecular flexibility index (Phi) is 6.85. The van der Waals surface area contributed by atoms with Crippen molar-refractivity contribution in [2.75, 3.05) is 0 Å². The van der Waals surface area contributed by atoms with E-state index < -0.39 is 0 Å². The quantitative estimate of drug-likeness (QED) is 0.210. The number of ketones is 1. The van der Waals surface area contributed by atoms with E-state index in [1.54, 1.807) is 46.0 Å². The molecule has 0 N–H and O–H groups in total. The molecule has 4 heterocycles. The first-order chi connectivity index (χ1) is 20.9. The van der Waals surface area contributed by atoms with Gasteiger partial charge in [-0.2, -0.15) is 10.2 Å². The van der Waals surface area contributed by atoms with E-state index >= 15 is 0 Å². The summed E-state index contributed by atoms with van der Waals surface area (Å²) in [5.74, 6) is -0.261. The number of hydrogen-bond donors (Lipinski definition) is 0. The highest BCUT2D eigenvalue weighted by Gasteiger charge is 2.19. The van der Waals surface area contributed by atoms with E-state index in [4.69, 9.17) is 9.97 Å². The van der Waals surface area contributed by atoms with Gasteiger partial charge >= 0.3 is 0 Å². The first-order valence-corrected chi connectivity index (χ1v) is 14.4. The van der Waals surface area contributed by atoms with Crippen LogP contribution < -0.4 is 0 Å². The molecule has 0 unspecified atom stereocenters. The predicted octanol–water partition coefficient (Wildman–Crippen LogP) is 6.92. The second-order valence-corrected chi connectivity index (χ2v) is 11.0. The Labute approximate surface area is 246 Å². The summed E-state index contributed by atoms with van der Waals surface area (Å²) in [5, 5.41) is 10.6. The van der Waals surface area contributed by atoms with Crippen LogP contribution in [-0.2, 0) is 24.1 Å². The van der Waals surface area contributed by atoms with Gasteiger partial charge in [0.25, 0.3) is 0 Å². The van der Waals surface area contributed by atoms with Crippen LogP contribution in [0.3, 0.4) is 0 Å². The second-order valence-electron chi connectivity index (χ2n) is 11.0. The fraction of sp³-hybridized carbons (Fsp3) is 0.206. The van der Waals surface area contributed by atoms with Gasteiger partial charge in [0, 0.05) is 29.3 Å². The molecule has 8 rings (SSSR count). The van der Waals surface area contributed by atoms with Crippen LogP contribution >= 0.6 is 0 Å². The number of fused-ring (bicyclic) bond motifs is 4. The minimum Gasteiger partial charge on any atom is -0.299 e. The topological polar surface area (TPSA) is 78.5 Å². The number of carbonyl (C=O) groups excluding carboxylic acids is 1. The molecule has 6 aromatic rings. The predicted molar refractivity (Wildman–Crippen MR) is 161 cm³/mol. The first-order valence-electron chi connectivity index (χ1n) is 14.4. The van der Waals surface area contributed by atoms with Crippen molar-refractivity contribution in [1.82, 2.24) is 29.5 Å². The Morgan fingerprint density at radius 1 is 0.674 bits per heavy atom. The maximum absolute atomic E-state index is 13.1. The van der Waals surface area contributed by atoms with E-state index in [0.717, 1.165) is 93.6 Å². The van der Waals surface area contributed by atoms with Gasteiger partial charge in [-0.05, 0) is 109 Å². The number of hydrogen-bond acceptors (Lipinski definition) is 5. The number of nitrogens with zero attached hydrogens (tertiary/aromatic N) is 6. The molecule has 0 fully saturated rings. The van der Waals surface area contributed by atoms with Crippen molar-refractivity contribution in [1.29, 1.82) is 0 Å². The summed E-state index contributed by atoms with van der Waals surface area (Å²) in [4.78, 5) is 21.3. The lowest BCUT2D eigenvalue weighted by atomic mass is 9.91. The second kappa shape index (κ2) is 11.0. The SMILES string of the molecule is C=C1CCCc2nc3c(cnn3-c3ccc(F)cc3)cc21.O=C1CCCc2nc3c(cnn3-c3ccc(F)cc3)cc2C1. The van der Waals surface area contributed by atoms with Gasteiger partial charge in [0.15, 0.2) is 11.3 Å². The molecule has 9 heteroatoms. The summed E-state index contributed by atoms with van der Waals surface area (Å²) in [5.41, 5.74) is 8.53. The third-order valence-corrected chi connectivity index (χ3v) is 8.01. The Morgan fingerprint density at radius 3 is 1.84 bits per heavy atom. The van der Waals surface area contributed by atoms with Crippen LogP contribution in [-0.4, -0.2) is 35.3 Å². The molecular formula is C34H28F2N6O. The van der Waals surface area contributed by atoms with Gasteiger partial charge in [0.2, 0.25) is 0 Å². The van der Waals surface area contributed by atoms with E-state index in [-0.39, 0.29) is 17.4 Å². The average Bonchev–Trinajstić information content (AvgIpc) is 3.56. The van der Waals surface area contributed by atoms with Crippen LogP contribution in [0.15, 0.2) is 79.6 Å². The minimum absolute atomic E-state index is 0.253. The zero-order valence-corrected chi connectivity index (χ0v) is 23.4. The van der Waals surface area contributed by atoms with E-state index in [0.29, 0.717) is 12.8 Å². The van der Waals surface area contributed by atoms with Gasteiger partial charge in [-0.25, -0.2) is 28.1 Å². The molecule has 2 aliphatic rings. The normalized spacial score (nSPS) is 14.7. The molecule has 0 bridgehead atoms. The van der Waals surface area contributed by atoms with Crippen molar-refractivity contribution in [2.24, 2.45) is 0 Å². The molecule has 0 radical (unpaired) electrons. The zero-order chi connectivity index (χ0) is 29.5. The smallest absolute Gasteiger partial charge is 0.163 e. The maximum Gasteiger partial charge on any atom is 0.163 e. The molecule has 0 saturated carbocycles. The average molecular weight is 575 g/mol. The number of rotatable bonds is 2. The highest BCUT2D eigenvalue weighted by atomic mass is 19.1. The lowest BCUT2D eigenvalue weighted by Gasteiger charge is -2.17. The highest BCUT2D eigenvalue weighted by Crippen LogP contribution is 2.31. The number of aromatic nitrogens is 6. The third kappa shape index (κ3) is 5.22. The van der Waals surface area contributed by atoms with Crippen LogP contribution in [0, 0.1) is 11.6 Å². The van der Waals surface area contributed by atoms with Crippen molar-refractivity contribution in [3.8, 4) is 11.4 Å². The molecular weight excluding hydrogens is 546 g/mol. The summed E-state index contributed by atoms with van der Waals surface area (Å²) in [6.45, 7) is 4.13. The van der Waals surface area contributed by atoms with Crippen molar-refractivity contribution in [2.45, 2.75) is 44.9 Å². The standard InChI is InChI=1S/C17H14FN3O.C17H14FN3/c18-13-4-6-14(7-5-13)21-17-12(10-19-21)8-11-9-15(22)2-1-3-16(11)20-17;1-11-3-2-4-16-15(11)9-12-10-19-21(17(12)20-16)14-7-5-13(18)6-8-14/h4-8,10H,1-3,9H2;5-10H,1-4H2. The molecule has 43 heavy (non-hydrogen) atoms. The van der Waals surface area contributed by atoms with E-state index in [2.05, 4.69) is 22.8 Å². The van der Waals surface area contributed by atoms with Crippen molar-refractivity contribution < 1.29 is 13.6 Å². The van der Waals surface area contributed by atoms with Crippen molar-refractivity contribution in [3.63, 3.8) is 0 Å². The number of allylic oxidation sites excluding steroid dienone is 1. The van der Waals surface area contributed by atoms with Gasteiger partial charge in [0.1, 0.15) is 17.4 Å². The Morgan fingerprint density at radius 2 is 1.21 bits per heavy atom. The Hall–Kier alpha value is -5.05. The zero-order valence-electron chi connectivity index (χ0n) is 23.4. The van der Waals surface area contributed by atoms with E-state index in [9.17, 15) is 13.6 Å². The molecule has 4 aromatic heterocycles. The van der Waals surface area contributed by atoms with Gasteiger partial charge in [-0.1, -0.05) is 6.58 Å². The van der Waals surface area contributed by atoms with Gasteiger partial charge in [-0.15, -0.1) is 0 Å². The Bertz CT molecular complexity index is 2010. The fourth-order valence-electron chi connectivity index (χ4n) is 5.80. The van der Waals surface area contributed by atoms with Crippen LogP contribution in [0.1, 0.15) is 48.2 Å². The van der Waals surface area contributed by atoms with Gasteiger partial charge < -0.3 is 0 Å².